The average Bonchev–Trinajstić information content (AvgIpc) is 2.85. The van der Waals surface area contributed by atoms with Crippen LogP contribution in [0.5, 0.6) is 17.2 Å². The van der Waals surface area contributed by atoms with Gasteiger partial charge in [0, 0.05) is 0 Å². The molecule has 0 aliphatic heterocycles. The molecule has 4 nitrogen and oxygen atoms in total. The van der Waals surface area contributed by atoms with E-state index in [0.29, 0.717) is 17.4 Å². The monoisotopic (exact) mass is 458 g/mol. The van der Waals surface area contributed by atoms with Crippen molar-refractivity contribution in [3.05, 3.63) is 103 Å². The van der Waals surface area contributed by atoms with E-state index >= 15 is 0 Å². The molecule has 0 aromatic heterocycles. The molecule has 0 heterocycles. The summed E-state index contributed by atoms with van der Waals surface area (Å²) < 4.78 is 37.0. The van der Waals surface area contributed by atoms with E-state index in [9.17, 15) is 8.42 Å². The van der Waals surface area contributed by atoms with Gasteiger partial charge in [-0.3, -0.25) is 0 Å². The Kier molecular flexibility index (Phi) is 6.52. The lowest BCUT2D eigenvalue weighted by atomic mass is 10.0. The van der Waals surface area contributed by atoms with Gasteiger partial charge in [0.2, 0.25) is 9.84 Å². The molecule has 33 heavy (non-hydrogen) atoms. The second-order valence-electron chi connectivity index (χ2n) is 8.05. The van der Waals surface area contributed by atoms with Crippen molar-refractivity contribution in [2.75, 3.05) is 7.11 Å². The Morgan fingerprint density at radius 2 is 0.970 bits per heavy atom. The summed E-state index contributed by atoms with van der Waals surface area (Å²) in [5, 5.41) is 0. The molecule has 0 amide bonds. The molecule has 0 bridgehead atoms. The molecule has 0 unspecified atom stereocenters. The molecule has 0 aliphatic carbocycles. The first kappa shape index (κ1) is 22.6. The topological polar surface area (TPSA) is 52.6 Å². The zero-order chi connectivity index (χ0) is 23.4. The molecular weight excluding hydrogens is 432 g/mol. The van der Waals surface area contributed by atoms with Gasteiger partial charge in [0.05, 0.1) is 16.9 Å². The van der Waals surface area contributed by atoms with E-state index in [1.54, 1.807) is 43.5 Å². The fraction of sp³-hybridized carbons (Fsp3) is 0.143. The van der Waals surface area contributed by atoms with Gasteiger partial charge in [0.1, 0.15) is 17.2 Å². The van der Waals surface area contributed by atoms with E-state index in [1.807, 2.05) is 60.7 Å². The summed E-state index contributed by atoms with van der Waals surface area (Å²) in [6, 6.07) is 29.2. The minimum Gasteiger partial charge on any atom is -0.497 e. The van der Waals surface area contributed by atoms with Crippen LogP contribution in [0.1, 0.15) is 25.3 Å². The van der Waals surface area contributed by atoms with Crippen LogP contribution < -0.4 is 9.47 Å². The molecule has 5 heteroatoms. The van der Waals surface area contributed by atoms with Crippen LogP contribution in [0.4, 0.5) is 0 Å². The Labute approximate surface area is 195 Å². The number of hydrogen-bond acceptors (Lipinski definition) is 4. The minimum atomic E-state index is -3.58. The van der Waals surface area contributed by atoms with Crippen LogP contribution in [-0.2, 0) is 9.84 Å². The van der Waals surface area contributed by atoms with Crippen LogP contribution in [-0.4, -0.2) is 15.5 Å². The SMILES string of the molecule is COc1ccc(-c2ccc(Oc3ccc(S(=O)(=O)c4ccc(C(C)C)cc4)cc3)cc2)cc1. The summed E-state index contributed by atoms with van der Waals surface area (Å²) in [5.74, 6) is 2.41. The number of methoxy groups -OCH3 is 1. The van der Waals surface area contributed by atoms with Gasteiger partial charge in [-0.2, -0.15) is 0 Å². The highest BCUT2D eigenvalue weighted by Crippen LogP contribution is 2.29. The summed E-state index contributed by atoms with van der Waals surface area (Å²) >= 11 is 0. The molecule has 0 fully saturated rings. The third-order valence-electron chi connectivity index (χ3n) is 5.50. The summed E-state index contributed by atoms with van der Waals surface area (Å²) in [4.78, 5) is 0.525. The molecule has 0 atom stereocenters. The summed E-state index contributed by atoms with van der Waals surface area (Å²) in [5.41, 5.74) is 3.25. The van der Waals surface area contributed by atoms with Gasteiger partial charge in [-0.1, -0.05) is 50.2 Å². The van der Waals surface area contributed by atoms with Gasteiger partial charge >= 0.3 is 0 Å². The van der Waals surface area contributed by atoms with E-state index in [1.165, 1.54) is 0 Å². The molecule has 4 aromatic rings. The third kappa shape index (κ3) is 5.10. The maximum atomic E-state index is 12.9. The van der Waals surface area contributed by atoms with Gasteiger partial charge in [-0.15, -0.1) is 0 Å². The van der Waals surface area contributed by atoms with Gasteiger partial charge in [-0.25, -0.2) is 8.42 Å². The highest BCUT2D eigenvalue weighted by atomic mass is 32.2. The van der Waals surface area contributed by atoms with Crippen molar-refractivity contribution < 1.29 is 17.9 Å². The quantitative estimate of drug-likeness (QED) is 0.296. The van der Waals surface area contributed by atoms with E-state index in [2.05, 4.69) is 13.8 Å². The molecule has 0 aliphatic rings. The van der Waals surface area contributed by atoms with Crippen molar-refractivity contribution >= 4 is 9.84 Å². The number of ether oxygens (including phenoxy) is 2. The average molecular weight is 459 g/mol. The molecule has 0 saturated heterocycles. The lowest BCUT2D eigenvalue weighted by Gasteiger charge is -2.10. The highest BCUT2D eigenvalue weighted by molar-refractivity contribution is 7.91. The van der Waals surface area contributed by atoms with Crippen LogP contribution in [0.3, 0.4) is 0 Å². The van der Waals surface area contributed by atoms with Crippen LogP contribution in [0, 0.1) is 0 Å². The zero-order valence-electron chi connectivity index (χ0n) is 18.9. The van der Waals surface area contributed by atoms with Crippen molar-refractivity contribution in [3.8, 4) is 28.4 Å². The van der Waals surface area contributed by atoms with E-state index < -0.39 is 9.84 Å². The van der Waals surface area contributed by atoms with Gasteiger partial charge < -0.3 is 9.47 Å². The van der Waals surface area contributed by atoms with Crippen molar-refractivity contribution in [2.45, 2.75) is 29.6 Å². The van der Waals surface area contributed by atoms with Crippen LogP contribution in [0.15, 0.2) is 107 Å². The second kappa shape index (κ2) is 9.51. The fourth-order valence-corrected chi connectivity index (χ4v) is 4.75. The second-order valence-corrected chi connectivity index (χ2v) is 10.0. The first-order valence-electron chi connectivity index (χ1n) is 10.7. The molecule has 4 rings (SSSR count). The summed E-state index contributed by atoms with van der Waals surface area (Å²) in [7, 11) is -1.93. The third-order valence-corrected chi connectivity index (χ3v) is 7.29. The zero-order valence-corrected chi connectivity index (χ0v) is 19.7. The fourth-order valence-electron chi connectivity index (χ4n) is 3.49. The van der Waals surface area contributed by atoms with Crippen LogP contribution in [0.25, 0.3) is 11.1 Å². The van der Waals surface area contributed by atoms with Crippen molar-refractivity contribution in [1.82, 2.24) is 0 Å². The lowest BCUT2D eigenvalue weighted by Crippen LogP contribution is -2.02. The number of sulfone groups is 1. The highest BCUT2D eigenvalue weighted by Gasteiger charge is 2.18. The maximum Gasteiger partial charge on any atom is 0.206 e. The molecule has 4 aromatic carbocycles. The summed E-state index contributed by atoms with van der Waals surface area (Å²) in [6.07, 6.45) is 0. The minimum absolute atomic E-state index is 0.238. The Balaban J connectivity index is 1.46. The standard InChI is InChI=1S/C28H26O4S/c1-20(2)21-8-16-27(17-9-21)33(29,30)28-18-14-26(15-19-28)32-25-12-6-23(7-13-25)22-4-10-24(31-3)11-5-22/h4-20H,1-3H3. The van der Waals surface area contributed by atoms with Crippen molar-refractivity contribution in [2.24, 2.45) is 0 Å². The van der Waals surface area contributed by atoms with E-state index in [-0.39, 0.29) is 9.79 Å². The number of benzene rings is 4. The van der Waals surface area contributed by atoms with Gasteiger partial charge in [-0.05, 0) is 83.3 Å². The Morgan fingerprint density at radius 3 is 1.39 bits per heavy atom. The number of rotatable bonds is 7. The van der Waals surface area contributed by atoms with Gasteiger partial charge in [0.25, 0.3) is 0 Å². The number of hydrogen-bond donors (Lipinski definition) is 0. The van der Waals surface area contributed by atoms with E-state index in [0.717, 1.165) is 22.4 Å². The predicted octanol–water partition coefficient (Wildman–Crippen LogP) is 7.11. The summed E-state index contributed by atoms with van der Waals surface area (Å²) in [6.45, 7) is 4.16. The maximum absolute atomic E-state index is 12.9. The van der Waals surface area contributed by atoms with Crippen molar-refractivity contribution in [3.63, 3.8) is 0 Å². The van der Waals surface area contributed by atoms with Crippen molar-refractivity contribution in [1.29, 1.82) is 0 Å². The Bertz CT molecular complexity index is 1310. The molecule has 0 saturated carbocycles. The molecule has 168 valence electrons. The molecular formula is C28H26O4S. The normalized spacial score (nSPS) is 11.4. The van der Waals surface area contributed by atoms with Crippen LogP contribution >= 0.6 is 0 Å². The predicted molar refractivity (Wildman–Crippen MR) is 131 cm³/mol. The molecule has 0 radical (unpaired) electrons. The Morgan fingerprint density at radius 1 is 0.576 bits per heavy atom. The molecule has 0 spiro atoms. The largest absolute Gasteiger partial charge is 0.497 e. The Hall–Kier alpha value is -3.57. The van der Waals surface area contributed by atoms with E-state index in [4.69, 9.17) is 9.47 Å². The molecule has 0 N–H and O–H groups in total. The first-order valence-corrected chi connectivity index (χ1v) is 12.2. The first-order chi connectivity index (χ1) is 15.9. The lowest BCUT2D eigenvalue weighted by molar-refractivity contribution is 0.415. The smallest absolute Gasteiger partial charge is 0.206 e. The van der Waals surface area contributed by atoms with Crippen LogP contribution in [0.2, 0.25) is 0 Å². The van der Waals surface area contributed by atoms with Gasteiger partial charge in [0.15, 0.2) is 0 Å².